The summed E-state index contributed by atoms with van der Waals surface area (Å²) < 4.78 is 0. The summed E-state index contributed by atoms with van der Waals surface area (Å²) in [5.74, 6) is -0.0893. The van der Waals surface area contributed by atoms with E-state index in [1.807, 2.05) is 66.7 Å². The number of nitrogens with one attached hydrogen (secondary N) is 1. The standard InChI is InChI=1S/C23H22N2O2S/c1-25(2)23(27)28-21-10-6-9-20(16-21)24-22(26)15-17-11-13-19(14-12-17)18-7-4-3-5-8-18/h3-14,16H,15H2,1-2H3,(H,24,26). The SMILES string of the molecule is CN(C)C(=O)Sc1cccc(NC(=O)Cc2ccc(-c3ccccc3)cc2)c1. The molecule has 0 aliphatic carbocycles. The molecule has 0 atom stereocenters. The van der Waals surface area contributed by atoms with Gasteiger partial charge in [0.1, 0.15) is 0 Å². The normalized spacial score (nSPS) is 10.4. The summed E-state index contributed by atoms with van der Waals surface area (Å²) in [4.78, 5) is 26.5. The van der Waals surface area contributed by atoms with Gasteiger partial charge in [0, 0.05) is 24.7 Å². The summed E-state index contributed by atoms with van der Waals surface area (Å²) in [5, 5.41) is 2.85. The van der Waals surface area contributed by atoms with Crippen molar-refractivity contribution in [3.05, 3.63) is 84.4 Å². The number of amides is 2. The first-order valence-electron chi connectivity index (χ1n) is 8.95. The first kappa shape index (κ1) is 19.7. The molecule has 3 aromatic rings. The summed E-state index contributed by atoms with van der Waals surface area (Å²) >= 11 is 1.13. The fraction of sp³-hybridized carbons (Fsp3) is 0.130. The van der Waals surface area contributed by atoms with Crippen molar-refractivity contribution in [1.82, 2.24) is 4.90 Å². The number of benzene rings is 3. The van der Waals surface area contributed by atoms with Crippen LogP contribution in [0.25, 0.3) is 11.1 Å². The predicted molar refractivity (Wildman–Crippen MR) is 116 cm³/mol. The molecular weight excluding hydrogens is 368 g/mol. The number of anilines is 1. The van der Waals surface area contributed by atoms with Crippen LogP contribution in [0.2, 0.25) is 0 Å². The van der Waals surface area contributed by atoms with Crippen LogP contribution in [0.5, 0.6) is 0 Å². The van der Waals surface area contributed by atoms with Crippen molar-refractivity contribution in [3.8, 4) is 11.1 Å². The minimum Gasteiger partial charge on any atom is -0.339 e. The first-order valence-corrected chi connectivity index (χ1v) is 9.76. The molecule has 0 spiro atoms. The van der Waals surface area contributed by atoms with E-state index in [-0.39, 0.29) is 11.1 Å². The Kier molecular flexibility index (Phi) is 6.50. The highest BCUT2D eigenvalue weighted by Gasteiger charge is 2.09. The monoisotopic (exact) mass is 390 g/mol. The van der Waals surface area contributed by atoms with Crippen LogP contribution >= 0.6 is 11.8 Å². The van der Waals surface area contributed by atoms with Crippen LogP contribution < -0.4 is 5.32 Å². The maximum Gasteiger partial charge on any atom is 0.285 e. The molecule has 0 fully saturated rings. The van der Waals surface area contributed by atoms with Gasteiger partial charge in [0.25, 0.3) is 5.24 Å². The summed E-state index contributed by atoms with van der Waals surface area (Å²) in [5.41, 5.74) is 3.91. The van der Waals surface area contributed by atoms with Gasteiger partial charge in [-0.3, -0.25) is 9.59 Å². The van der Waals surface area contributed by atoms with Crippen molar-refractivity contribution in [2.45, 2.75) is 11.3 Å². The lowest BCUT2D eigenvalue weighted by Crippen LogP contribution is -2.16. The van der Waals surface area contributed by atoms with Crippen molar-refractivity contribution in [1.29, 1.82) is 0 Å². The van der Waals surface area contributed by atoms with Crippen LogP contribution in [0.3, 0.4) is 0 Å². The molecular formula is C23H22N2O2S. The Labute approximate surface area is 169 Å². The fourth-order valence-corrected chi connectivity index (χ4v) is 3.38. The Morgan fingerprint density at radius 2 is 1.54 bits per heavy atom. The van der Waals surface area contributed by atoms with E-state index in [1.54, 1.807) is 14.1 Å². The lowest BCUT2D eigenvalue weighted by atomic mass is 10.0. The van der Waals surface area contributed by atoms with E-state index < -0.39 is 0 Å². The van der Waals surface area contributed by atoms with Gasteiger partial charge in [0.2, 0.25) is 5.91 Å². The molecule has 5 heteroatoms. The fourth-order valence-electron chi connectivity index (χ4n) is 2.67. The summed E-state index contributed by atoms with van der Waals surface area (Å²) in [6, 6.07) is 25.5. The molecule has 0 aromatic heterocycles. The molecule has 3 aromatic carbocycles. The second-order valence-corrected chi connectivity index (χ2v) is 7.60. The van der Waals surface area contributed by atoms with Gasteiger partial charge in [-0.05, 0) is 46.7 Å². The zero-order valence-electron chi connectivity index (χ0n) is 15.9. The maximum atomic E-state index is 12.4. The van der Waals surface area contributed by atoms with Crippen molar-refractivity contribution in [2.24, 2.45) is 0 Å². The molecule has 0 radical (unpaired) electrons. The minimum absolute atomic E-state index is 0.0537. The Bertz CT molecular complexity index is 954. The Balaban J connectivity index is 1.60. The number of hydrogen-bond donors (Lipinski definition) is 1. The van der Waals surface area contributed by atoms with Crippen LogP contribution in [-0.4, -0.2) is 30.1 Å². The minimum atomic E-state index is -0.0893. The lowest BCUT2D eigenvalue weighted by Gasteiger charge is -2.10. The van der Waals surface area contributed by atoms with Crippen LogP contribution in [0.15, 0.2) is 83.8 Å². The van der Waals surface area contributed by atoms with Gasteiger partial charge in [-0.15, -0.1) is 0 Å². The second-order valence-electron chi connectivity index (χ2n) is 6.58. The summed E-state index contributed by atoms with van der Waals surface area (Å²) in [6.45, 7) is 0. The molecule has 4 nitrogen and oxygen atoms in total. The molecule has 2 amide bonds. The predicted octanol–water partition coefficient (Wildman–Crippen LogP) is 5.31. The highest BCUT2D eigenvalue weighted by Crippen LogP contribution is 2.24. The van der Waals surface area contributed by atoms with E-state index in [1.165, 1.54) is 4.90 Å². The van der Waals surface area contributed by atoms with Crippen LogP contribution in [0.4, 0.5) is 10.5 Å². The maximum absolute atomic E-state index is 12.4. The van der Waals surface area contributed by atoms with Crippen molar-refractivity contribution in [3.63, 3.8) is 0 Å². The molecule has 0 bridgehead atoms. The molecule has 142 valence electrons. The molecule has 0 saturated heterocycles. The number of thioether (sulfide) groups is 1. The molecule has 0 unspecified atom stereocenters. The van der Waals surface area contributed by atoms with Crippen LogP contribution in [-0.2, 0) is 11.2 Å². The van der Waals surface area contributed by atoms with Crippen molar-refractivity contribution >= 4 is 28.6 Å². The highest BCUT2D eigenvalue weighted by atomic mass is 32.2. The molecule has 3 rings (SSSR count). The third kappa shape index (κ3) is 5.47. The van der Waals surface area contributed by atoms with Gasteiger partial charge >= 0.3 is 0 Å². The second kappa shape index (κ2) is 9.24. The average molecular weight is 391 g/mol. The van der Waals surface area contributed by atoms with Gasteiger partial charge < -0.3 is 10.2 Å². The number of nitrogens with zero attached hydrogens (tertiary/aromatic N) is 1. The van der Waals surface area contributed by atoms with Crippen LogP contribution in [0.1, 0.15) is 5.56 Å². The highest BCUT2D eigenvalue weighted by molar-refractivity contribution is 8.13. The number of carbonyl (C=O) groups is 2. The van der Waals surface area contributed by atoms with Gasteiger partial charge in [-0.25, -0.2) is 0 Å². The topological polar surface area (TPSA) is 49.4 Å². The van der Waals surface area contributed by atoms with E-state index in [2.05, 4.69) is 17.4 Å². The summed E-state index contributed by atoms with van der Waals surface area (Å²) in [6.07, 6.45) is 0.295. The van der Waals surface area contributed by atoms with Gasteiger partial charge in [-0.1, -0.05) is 60.7 Å². The lowest BCUT2D eigenvalue weighted by molar-refractivity contribution is -0.115. The Morgan fingerprint density at radius 3 is 2.21 bits per heavy atom. The van der Waals surface area contributed by atoms with Crippen molar-refractivity contribution < 1.29 is 9.59 Å². The smallest absolute Gasteiger partial charge is 0.285 e. The first-order chi connectivity index (χ1) is 13.5. The van der Waals surface area contributed by atoms with Crippen LogP contribution in [0, 0.1) is 0 Å². The van der Waals surface area contributed by atoms with E-state index in [0.29, 0.717) is 12.1 Å². The van der Waals surface area contributed by atoms with Gasteiger partial charge in [-0.2, -0.15) is 0 Å². The third-order valence-corrected chi connectivity index (χ3v) is 5.14. The van der Waals surface area contributed by atoms with E-state index >= 15 is 0 Å². The van der Waals surface area contributed by atoms with Gasteiger partial charge in [0.05, 0.1) is 6.42 Å². The molecule has 0 heterocycles. The van der Waals surface area contributed by atoms with E-state index in [4.69, 9.17) is 0 Å². The van der Waals surface area contributed by atoms with E-state index in [0.717, 1.165) is 33.3 Å². The molecule has 0 saturated carbocycles. The quantitative estimate of drug-likeness (QED) is 0.601. The molecule has 1 N–H and O–H groups in total. The number of carbonyl (C=O) groups excluding carboxylic acids is 2. The van der Waals surface area contributed by atoms with Gasteiger partial charge in [0.15, 0.2) is 0 Å². The number of rotatable bonds is 5. The van der Waals surface area contributed by atoms with Crippen molar-refractivity contribution in [2.75, 3.05) is 19.4 Å². The number of hydrogen-bond acceptors (Lipinski definition) is 3. The average Bonchev–Trinajstić information content (AvgIpc) is 2.69. The zero-order valence-corrected chi connectivity index (χ0v) is 16.7. The summed E-state index contributed by atoms with van der Waals surface area (Å²) in [7, 11) is 3.42. The zero-order chi connectivity index (χ0) is 19.9. The Morgan fingerprint density at radius 1 is 0.857 bits per heavy atom. The largest absolute Gasteiger partial charge is 0.339 e. The van der Waals surface area contributed by atoms with E-state index in [9.17, 15) is 9.59 Å². The molecule has 28 heavy (non-hydrogen) atoms. The molecule has 0 aliphatic heterocycles. The third-order valence-electron chi connectivity index (χ3n) is 4.11. The molecule has 0 aliphatic rings. The Hall–Kier alpha value is -3.05.